The molecule has 1 aliphatic rings. The van der Waals surface area contributed by atoms with E-state index in [1.807, 2.05) is 25.2 Å². The largest absolute Gasteiger partial charge is 0.457 e. The van der Waals surface area contributed by atoms with E-state index in [4.69, 9.17) is 4.74 Å². The van der Waals surface area contributed by atoms with Gasteiger partial charge in [0.15, 0.2) is 0 Å². The predicted molar refractivity (Wildman–Crippen MR) is 52.2 cm³/mol. The molecular weight excluding hydrogens is 164 g/mol. The molecule has 0 unspecified atom stereocenters. The third kappa shape index (κ3) is 2.31. The number of hydrogen-bond acceptors (Lipinski definition) is 2. The first-order valence-electron chi connectivity index (χ1n) is 4.49. The summed E-state index contributed by atoms with van der Waals surface area (Å²) in [4.78, 5) is 11.2. The number of hydrogen-bond donors (Lipinski definition) is 0. The first-order valence-corrected chi connectivity index (χ1v) is 4.49. The summed E-state index contributed by atoms with van der Waals surface area (Å²) in [5, 5.41) is 0. The molecule has 1 rings (SSSR count). The Morgan fingerprint density at radius 1 is 1.46 bits per heavy atom. The molecule has 1 aliphatic heterocycles. The molecule has 0 bridgehead atoms. The van der Waals surface area contributed by atoms with E-state index in [2.05, 4.69) is 6.92 Å². The summed E-state index contributed by atoms with van der Waals surface area (Å²) in [6, 6.07) is 0. The van der Waals surface area contributed by atoms with Gasteiger partial charge in [-0.3, -0.25) is 0 Å². The second-order valence-electron chi connectivity index (χ2n) is 2.83. The molecule has 13 heavy (non-hydrogen) atoms. The second-order valence-corrected chi connectivity index (χ2v) is 2.83. The van der Waals surface area contributed by atoms with Crippen molar-refractivity contribution in [2.75, 3.05) is 6.61 Å². The molecule has 0 spiro atoms. The van der Waals surface area contributed by atoms with Crippen LogP contribution < -0.4 is 0 Å². The van der Waals surface area contributed by atoms with Gasteiger partial charge in [-0.05, 0) is 13.3 Å². The lowest BCUT2D eigenvalue weighted by atomic mass is 10.1. The highest BCUT2D eigenvalue weighted by molar-refractivity contribution is 5.95. The molecule has 1 heterocycles. The number of carbonyl (C=O) groups excluding carboxylic acids is 1. The molecule has 0 fully saturated rings. The smallest absolute Gasteiger partial charge is 0.338 e. The maximum atomic E-state index is 11.2. The summed E-state index contributed by atoms with van der Waals surface area (Å²) in [7, 11) is 0. The number of carbonyl (C=O) groups is 1. The van der Waals surface area contributed by atoms with E-state index in [1.54, 1.807) is 6.08 Å². The zero-order valence-electron chi connectivity index (χ0n) is 8.04. The van der Waals surface area contributed by atoms with Crippen molar-refractivity contribution in [3.8, 4) is 0 Å². The molecule has 0 saturated heterocycles. The van der Waals surface area contributed by atoms with Crippen LogP contribution in [0.15, 0.2) is 35.5 Å². The van der Waals surface area contributed by atoms with E-state index in [0.717, 1.165) is 12.0 Å². The average molecular weight is 178 g/mol. The number of ether oxygens (including phenoxy) is 1. The van der Waals surface area contributed by atoms with Crippen molar-refractivity contribution in [2.24, 2.45) is 0 Å². The molecule has 0 aromatic carbocycles. The molecule has 0 N–H and O–H groups in total. The number of rotatable bonds is 3. The summed E-state index contributed by atoms with van der Waals surface area (Å²) in [5.41, 5.74) is 1.66. The van der Waals surface area contributed by atoms with Gasteiger partial charge in [0.1, 0.15) is 6.61 Å². The molecule has 0 radical (unpaired) electrons. The molecule has 0 atom stereocenters. The average Bonchev–Trinajstić information content (AvgIpc) is 2.46. The maximum absolute atomic E-state index is 11.2. The van der Waals surface area contributed by atoms with Crippen molar-refractivity contribution < 1.29 is 9.53 Å². The van der Waals surface area contributed by atoms with Crippen molar-refractivity contribution in [3.63, 3.8) is 0 Å². The highest BCUT2D eigenvalue weighted by Crippen LogP contribution is 2.18. The van der Waals surface area contributed by atoms with Crippen LogP contribution in [-0.4, -0.2) is 12.6 Å². The van der Waals surface area contributed by atoms with E-state index >= 15 is 0 Å². The first kappa shape index (κ1) is 9.78. The minimum Gasteiger partial charge on any atom is -0.457 e. The third-order valence-electron chi connectivity index (χ3n) is 1.81. The van der Waals surface area contributed by atoms with Gasteiger partial charge in [-0.2, -0.15) is 0 Å². The normalized spacial score (nSPS) is 17.8. The SMILES string of the molecule is C/C=C/C1=C(/C=C/CC)COC1=O. The van der Waals surface area contributed by atoms with Crippen molar-refractivity contribution in [3.05, 3.63) is 35.5 Å². The lowest BCUT2D eigenvalue weighted by Gasteiger charge is -1.89. The van der Waals surface area contributed by atoms with Gasteiger partial charge in [0.25, 0.3) is 0 Å². The molecule has 0 saturated carbocycles. The van der Waals surface area contributed by atoms with Crippen LogP contribution >= 0.6 is 0 Å². The molecule has 0 aliphatic carbocycles. The molecule has 70 valence electrons. The van der Waals surface area contributed by atoms with Crippen LogP contribution in [0.4, 0.5) is 0 Å². The Balaban J connectivity index is 2.88. The zero-order valence-corrected chi connectivity index (χ0v) is 8.04. The standard InChI is InChI=1S/C11H14O2/c1-3-5-7-9-8-13-11(12)10(9)6-4-2/h4-7H,3,8H2,1-2H3/b6-4+,7-5+. The monoisotopic (exact) mass is 178 g/mol. The van der Waals surface area contributed by atoms with Gasteiger partial charge < -0.3 is 4.74 Å². The van der Waals surface area contributed by atoms with E-state index < -0.39 is 0 Å². The van der Waals surface area contributed by atoms with Gasteiger partial charge in [-0.15, -0.1) is 0 Å². The van der Waals surface area contributed by atoms with Crippen LogP contribution in [0.1, 0.15) is 20.3 Å². The lowest BCUT2D eigenvalue weighted by molar-refractivity contribution is -0.135. The van der Waals surface area contributed by atoms with Gasteiger partial charge in [0, 0.05) is 5.57 Å². The highest BCUT2D eigenvalue weighted by atomic mass is 16.5. The Labute approximate surface area is 78.6 Å². The Hall–Kier alpha value is -1.31. The Bertz CT molecular complexity index is 282. The van der Waals surface area contributed by atoms with Crippen LogP contribution in [0.3, 0.4) is 0 Å². The van der Waals surface area contributed by atoms with Crippen molar-refractivity contribution in [1.29, 1.82) is 0 Å². The van der Waals surface area contributed by atoms with Crippen LogP contribution in [0, 0.1) is 0 Å². The fourth-order valence-electron chi connectivity index (χ4n) is 1.17. The van der Waals surface area contributed by atoms with Crippen LogP contribution in [0.5, 0.6) is 0 Å². The number of esters is 1. The van der Waals surface area contributed by atoms with Crippen LogP contribution in [-0.2, 0) is 9.53 Å². The van der Waals surface area contributed by atoms with Crippen LogP contribution in [0.2, 0.25) is 0 Å². The van der Waals surface area contributed by atoms with Crippen molar-refractivity contribution >= 4 is 5.97 Å². The van der Waals surface area contributed by atoms with E-state index in [9.17, 15) is 4.79 Å². The van der Waals surface area contributed by atoms with Gasteiger partial charge in [-0.25, -0.2) is 4.79 Å². The second kappa shape index (κ2) is 4.65. The fraction of sp³-hybridized carbons (Fsp3) is 0.364. The quantitative estimate of drug-likeness (QED) is 0.620. The molecular formula is C11H14O2. The van der Waals surface area contributed by atoms with Crippen LogP contribution in [0.25, 0.3) is 0 Å². The van der Waals surface area contributed by atoms with Gasteiger partial charge in [0.2, 0.25) is 0 Å². The van der Waals surface area contributed by atoms with Gasteiger partial charge >= 0.3 is 5.97 Å². The Kier molecular flexibility index (Phi) is 3.50. The minimum atomic E-state index is -0.214. The Morgan fingerprint density at radius 3 is 2.85 bits per heavy atom. The van der Waals surface area contributed by atoms with Gasteiger partial charge in [-0.1, -0.05) is 31.2 Å². The van der Waals surface area contributed by atoms with E-state index in [1.165, 1.54) is 0 Å². The molecule has 0 aromatic rings. The summed E-state index contributed by atoms with van der Waals surface area (Å²) < 4.78 is 4.91. The molecule has 2 heteroatoms. The maximum Gasteiger partial charge on any atom is 0.338 e. The summed E-state index contributed by atoms with van der Waals surface area (Å²) >= 11 is 0. The van der Waals surface area contributed by atoms with E-state index in [-0.39, 0.29) is 5.97 Å². The number of allylic oxidation sites excluding steroid dienone is 2. The molecule has 2 nitrogen and oxygen atoms in total. The fourth-order valence-corrected chi connectivity index (χ4v) is 1.17. The zero-order chi connectivity index (χ0) is 9.68. The minimum absolute atomic E-state index is 0.214. The summed E-state index contributed by atoms with van der Waals surface area (Å²) in [6.45, 7) is 4.36. The highest BCUT2D eigenvalue weighted by Gasteiger charge is 2.19. The van der Waals surface area contributed by atoms with E-state index in [0.29, 0.717) is 12.2 Å². The predicted octanol–water partition coefficient (Wildman–Crippen LogP) is 2.38. The topological polar surface area (TPSA) is 26.3 Å². The van der Waals surface area contributed by atoms with Gasteiger partial charge in [0.05, 0.1) is 5.57 Å². The summed E-state index contributed by atoms with van der Waals surface area (Å²) in [6.07, 6.45) is 8.61. The van der Waals surface area contributed by atoms with Crippen molar-refractivity contribution in [1.82, 2.24) is 0 Å². The molecule has 0 aromatic heterocycles. The summed E-state index contributed by atoms with van der Waals surface area (Å²) in [5.74, 6) is -0.214. The molecule has 0 amide bonds. The Morgan fingerprint density at radius 2 is 2.23 bits per heavy atom. The van der Waals surface area contributed by atoms with Crippen molar-refractivity contribution in [2.45, 2.75) is 20.3 Å². The lowest BCUT2D eigenvalue weighted by Crippen LogP contribution is -1.96. The first-order chi connectivity index (χ1) is 6.29. The third-order valence-corrected chi connectivity index (χ3v) is 1.81. The number of cyclic esters (lactones) is 1.